The number of aryl methyl sites for hydroxylation is 1. The van der Waals surface area contributed by atoms with Gasteiger partial charge in [0.25, 0.3) is 17.1 Å². The molecule has 0 saturated carbocycles. The van der Waals surface area contributed by atoms with Crippen LogP contribution < -0.4 is 14.8 Å². The number of nitrogens with one attached hydrogen (secondary N) is 1. The Morgan fingerprint density at radius 1 is 1.13 bits per heavy atom. The minimum absolute atomic E-state index is 0.0302. The van der Waals surface area contributed by atoms with E-state index in [9.17, 15) is 14.4 Å². The van der Waals surface area contributed by atoms with Gasteiger partial charge in [-0.05, 0) is 93.8 Å². The number of ether oxygens (including phenoxy) is 2. The summed E-state index contributed by atoms with van der Waals surface area (Å²) >= 11 is 16.4. The number of nitrogens with zero attached hydrogens (tertiary/aromatic N) is 1. The molecule has 1 aliphatic heterocycles. The maximum atomic E-state index is 13.0. The number of benzene rings is 3. The molecule has 11 heteroatoms. The van der Waals surface area contributed by atoms with Crippen molar-refractivity contribution >= 4 is 79.7 Å². The van der Waals surface area contributed by atoms with Crippen LogP contribution in [0.5, 0.6) is 11.5 Å². The molecule has 4 rings (SSSR count). The number of thioether (sulfide) groups is 1. The molecule has 0 bridgehead atoms. The average molecular weight is 636 g/mol. The second-order valence-corrected chi connectivity index (χ2v) is 10.9. The normalized spacial score (nSPS) is 14.2. The monoisotopic (exact) mass is 634 g/mol. The number of hydrogen-bond acceptors (Lipinski definition) is 6. The summed E-state index contributed by atoms with van der Waals surface area (Å²) in [6, 6.07) is 15.7. The predicted molar refractivity (Wildman–Crippen MR) is 154 cm³/mol. The first-order valence-corrected chi connectivity index (χ1v) is 13.6. The maximum Gasteiger partial charge on any atom is 0.293 e. The molecule has 1 N–H and O–H groups in total. The molecule has 1 aliphatic rings. The van der Waals surface area contributed by atoms with Crippen LogP contribution in [-0.4, -0.2) is 35.7 Å². The van der Waals surface area contributed by atoms with E-state index in [1.165, 1.54) is 7.11 Å². The highest BCUT2D eigenvalue weighted by Gasteiger charge is 2.35. The van der Waals surface area contributed by atoms with E-state index in [4.69, 9.17) is 32.7 Å². The van der Waals surface area contributed by atoms with E-state index in [1.807, 2.05) is 25.1 Å². The van der Waals surface area contributed by atoms with Gasteiger partial charge in [-0.2, -0.15) is 0 Å². The summed E-state index contributed by atoms with van der Waals surface area (Å²) in [6.07, 6.45) is 1.59. The fraction of sp³-hybridized carbons (Fsp3) is 0.148. The summed E-state index contributed by atoms with van der Waals surface area (Å²) < 4.78 is 11.7. The molecule has 0 radical (unpaired) electrons. The van der Waals surface area contributed by atoms with Gasteiger partial charge in [-0.25, -0.2) is 0 Å². The smallest absolute Gasteiger partial charge is 0.293 e. The second kappa shape index (κ2) is 12.3. The number of anilines is 1. The molecule has 0 spiro atoms. The Bertz CT molecular complexity index is 1460. The summed E-state index contributed by atoms with van der Waals surface area (Å²) in [5, 5.41) is 3.22. The number of carbonyl (C=O) groups excluding carboxylic acids is 3. The summed E-state index contributed by atoms with van der Waals surface area (Å²) in [4.78, 5) is 39.3. The molecule has 3 amide bonds. The minimum Gasteiger partial charge on any atom is -0.493 e. The summed E-state index contributed by atoms with van der Waals surface area (Å²) in [6.45, 7) is 1.72. The van der Waals surface area contributed by atoms with Gasteiger partial charge >= 0.3 is 0 Å². The fourth-order valence-electron chi connectivity index (χ4n) is 3.63. The van der Waals surface area contributed by atoms with Crippen molar-refractivity contribution in [2.24, 2.45) is 0 Å². The Morgan fingerprint density at radius 3 is 2.63 bits per heavy atom. The van der Waals surface area contributed by atoms with Gasteiger partial charge in [-0.1, -0.05) is 41.4 Å². The highest BCUT2D eigenvalue weighted by atomic mass is 79.9. The molecule has 196 valence electrons. The van der Waals surface area contributed by atoms with Crippen LogP contribution >= 0.6 is 50.9 Å². The zero-order valence-electron chi connectivity index (χ0n) is 20.2. The third-order valence-corrected chi connectivity index (χ3v) is 7.50. The lowest BCUT2D eigenvalue weighted by Gasteiger charge is -2.14. The summed E-state index contributed by atoms with van der Waals surface area (Å²) in [7, 11) is 1.47. The molecule has 0 atom stereocenters. The first-order chi connectivity index (χ1) is 18.1. The van der Waals surface area contributed by atoms with Crippen LogP contribution in [0.15, 0.2) is 64.0 Å². The van der Waals surface area contributed by atoms with Crippen molar-refractivity contribution in [2.45, 2.75) is 13.5 Å². The van der Waals surface area contributed by atoms with Gasteiger partial charge in [0.1, 0.15) is 0 Å². The Hall–Kier alpha value is -2.98. The van der Waals surface area contributed by atoms with Crippen molar-refractivity contribution in [3.8, 4) is 11.5 Å². The fourth-order valence-corrected chi connectivity index (χ4v) is 5.51. The van der Waals surface area contributed by atoms with E-state index >= 15 is 0 Å². The van der Waals surface area contributed by atoms with Crippen LogP contribution in [0, 0.1) is 6.92 Å². The van der Waals surface area contributed by atoms with E-state index in [0.717, 1.165) is 22.2 Å². The number of halogens is 3. The lowest BCUT2D eigenvalue weighted by atomic mass is 10.1. The van der Waals surface area contributed by atoms with E-state index in [-0.39, 0.29) is 24.0 Å². The lowest BCUT2D eigenvalue weighted by molar-refractivity contribution is -0.123. The van der Waals surface area contributed by atoms with E-state index < -0.39 is 11.1 Å². The number of hydrogen-bond donors (Lipinski definition) is 1. The zero-order valence-corrected chi connectivity index (χ0v) is 24.1. The SMILES string of the molecule is COc1cc(/C=C2\SC(=O)N(Cc3ccc(Cl)cc3Cl)C2=O)cc(Br)c1OCC(=O)Nc1cccc(C)c1. The molecule has 3 aromatic rings. The first-order valence-electron chi connectivity index (χ1n) is 11.2. The molecule has 1 fully saturated rings. The molecule has 0 unspecified atom stereocenters. The second-order valence-electron chi connectivity index (χ2n) is 8.24. The lowest BCUT2D eigenvalue weighted by Crippen LogP contribution is -2.27. The summed E-state index contributed by atoms with van der Waals surface area (Å²) in [5.41, 5.74) is 2.90. The van der Waals surface area contributed by atoms with Crippen LogP contribution in [0.3, 0.4) is 0 Å². The van der Waals surface area contributed by atoms with E-state index in [1.54, 1.807) is 42.5 Å². The van der Waals surface area contributed by atoms with Gasteiger partial charge in [-0.3, -0.25) is 19.3 Å². The summed E-state index contributed by atoms with van der Waals surface area (Å²) in [5.74, 6) is -0.0898. The number of methoxy groups -OCH3 is 1. The van der Waals surface area contributed by atoms with Gasteiger partial charge < -0.3 is 14.8 Å². The number of amides is 3. The quantitative estimate of drug-likeness (QED) is 0.261. The topological polar surface area (TPSA) is 84.9 Å². The van der Waals surface area contributed by atoms with Crippen molar-refractivity contribution < 1.29 is 23.9 Å². The average Bonchev–Trinajstić information content (AvgIpc) is 3.11. The van der Waals surface area contributed by atoms with Crippen molar-refractivity contribution in [3.05, 3.63) is 90.7 Å². The zero-order chi connectivity index (χ0) is 27.4. The van der Waals surface area contributed by atoms with Crippen molar-refractivity contribution in [1.82, 2.24) is 4.90 Å². The van der Waals surface area contributed by atoms with Crippen LogP contribution in [0.4, 0.5) is 10.5 Å². The molecule has 1 heterocycles. The third kappa shape index (κ3) is 6.71. The van der Waals surface area contributed by atoms with Crippen molar-refractivity contribution in [3.63, 3.8) is 0 Å². The molecule has 0 aliphatic carbocycles. The van der Waals surface area contributed by atoms with Crippen LogP contribution in [-0.2, 0) is 16.1 Å². The highest BCUT2D eigenvalue weighted by Crippen LogP contribution is 2.39. The third-order valence-electron chi connectivity index (χ3n) is 5.42. The maximum absolute atomic E-state index is 13.0. The highest BCUT2D eigenvalue weighted by molar-refractivity contribution is 9.10. The molecular weight excluding hydrogens is 615 g/mol. The van der Waals surface area contributed by atoms with Gasteiger partial charge in [-0.15, -0.1) is 0 Å². The molecule has 1 saturated heterocycles. The molecule has 0 aromatic heterocycles. The molecule has 3 aromatic carbocycles. The number of imide groups is 1. The molecule has 7 nitrogen and oxygen atoms in total. The Balaban J connectivity index is 1.47. The number of carbonyl (C=O) groups is 3. The Labute approximate surface area is 242 Å². The largest absolute Gasteiger partial charge is 0.493 e. The van der Waals surface area contributed by atoms with Gasteiger partial charge in [0.15, 0.2) is 18.1 Å². The van der Waals surface area contributed by atoms with E-state index in [0.29, 0.717) is 42.8 Å². The first kappa shape index (κ1) is 28.0. The molecular formula is C27H21BrCl2N2O5S. The van der Waals surface area contributed by atoms with Gasteiger partial charge in [0, 0.05) is 15.7 Å². The van der Waals surface area contributed by atoms with Crippen LogP contribution in [0.2, 0.25) is 10.0 Å². The molecule has 38 heavy (non-hydrogen) atoms. The minimum atomic E-state index is -0.436. The standard InChI is InChI=1S/C27H21BrCl2N2O5S/c1-15-4-3-5-19(8-15)31-24(33)14-37-25-20(28)9-16(10-22(25)36-2)11-23-26(34)32(27(35)38-23)13-17-6-7-18(29)12-21(17)30/h3-12H,13-14H2,1-2H3,(H,31,33)/b23-11-. The predicted octanol–water partition coefficient (Wildman–Crippen LogP) is 7.33. The van der Waals surface area contributed by atoms with Crippen LogP contribution in [0.25, 0.3) is 6.08 Å². The van der Waals surface area contributed by atoms with Gasteiger partial charge in [0.05, 0.1) is 23.0 Å². The number of rotatable bonds is 8. The Morgan fingerprint density at radius 2 is 1.92 bits per heavy atom. The van der Waals surface area contributed by atoms with Crippen LogP contribution in [0.1, 0.15) is 16.7 Å². The van der Waals surface area contributed by atoms with Gasteiger partial charge in [0.2, 0.25) is 0 Å². The van der Waals surface area contributed by atoms with Crippen molar-refractivity contribution in [1.29, 1.82) is 0 Å². The van der Waals surface area contributed by atoms with E-state index in [2.05, 4.69) is 21.2 Å². The van der Waals surface area contributed by atoms with Crippen molar-refractivity contribution in [2.75, 3.05) is 19.0 Å². The Kier molecular flexibility index (Phi) is 9.04.